The highest BCUT2D eigenvalue weighted by atomic mass is 32.2. The molecule has 0 bridgehead atoms. The minimum atomic E-state index is -4.80. The van der Waals surface area contributed by atoms with E-state index in [0.717, 1.165) is 18.2 Å². The minimum Gasteiger partial charge on any atom is -0.478 e. The second kappa shape index (κ2) is 9.11. The van der Waals surface area contributed by atoms with Gasteiger partial charge in [-0.1, -0.05) is 0 Å². The Balaban J connectivity index is 2.26. The molecule has 3 aromatic rings. The second-order valence-electron chi connectivity index (χ2n) is 7.32. The maximum atomic E-state index is 13.0. The number of H-pyrrole nitrogens is 1. The van der Waals surface area contributed by atoms with Gasteiger partial charge in [0, 0.05) is 0 Å². The third-order valence-corrected chi connectivity index (χ3v) is 6.66. The van der Waals surface area contributed by atoms with Gasteiger partial charge in [0.05, 0.1) is 16.1 Å². The third kappa shape index (κ3) is 5.08. The Morgan fingerprint density at radius 1 is 0.889 bits per heavy atom. The van der Waals surface area contributed by atoms with Crippen molar-refractivity contribution in [3.05, 3.63) is 63.1 Å². The van der Waals surface area contributed by atoms with E-state index in [-0.39, 0.29) is 0 Å². The van der Waals surface area contributed by atoms with Crippen LogP contribution < -0.4 is 5.56 Å². The van der Waals surface area contributed by atoms with Gasteiger partial charge in [-0.2, -0.15) is 16.8 Å². The number of hydrogen-bond donors (Lipinski definition) is 5. The number of rotatable bonds is 7. The van der Waals surface area contributed by atoms with Crippen molar-refractivity contribution in [3.63, 3.8) is 0 Å². The van der Waals surface area contributed by atoms with Crippen molar-refractivity contribution >= 4 is 43.5 Å². The summed E-state index contributed by atoms with van der Waals surface area (Å²) in [5, 5.41) is 28.2. The van der Waals surface area contributed by atoms with E-state index in [1.54, 1.807) is 13.8 Å². The molecule has 0 amide bonds. The average molecular weight is 540 g/mol. The van der Waals surface area contributed by atoms with Crippen LogP contribution in [-0.4, -0.2) is 57.9 Å². The predicted octanol–water partition coefficient (Wildman–Crippen LogP) is 2.09. The van der Waals surface area contributed by atoms with Crippen LogP contribution in [0.25, 0.3) is 5.69 Å². The molecule has 190 valence electrons. The lowest BCUT2D eigenvalue weighted by atomic mass is 10.1. The zero-order valence-corrected chi connectivity index (χ0v) is 19.8. The number of nitrogens with zero attached hydrogens (tertiary/aromatic N) is 3. The van der Waals surface area contributed by atoms with E-state index in [1.807, 2.05) is 0 Å². The molecule has 0 saturated carbocycles. The summed E-state index contributed by atoms with van der Waals surface area (Å²) in [6.07, 6.45) is 0. The topological polar surface area (TPSA) is 246 Å². The van der Waals surface area contributed by atoms with Crippen molar-refractivity contribution in [1.29, 1.82) is 0 Å². The van der Waals surface area contributed by atoms with Crippen molar-refractivity contribution in [2.45, 2.75) is 23.6 Å². The Morgan fingerprint density at radius 2 is 1.50 bits per heavy atom. The monoisotopic (exact) mass is 540 g/mol. The molecule has 5 N–H and O–H groups in total. The van der Waals surface area contributed by atoms with Crippen molar-refractivity contribution < 1.29 is 45.7 Å². The average Bonchev–Trinajstić information content (AvgIpc) is 3.08. The Kier molecular flexibility index (Phi) is 6.69. The van der Waals surface area contributed by atoms with Crippen LogP contribution in [0.15, 0.2) is 55.1 Å². The number of aromatic carboxylic acids is 2. The number of carbonyl (C=O) groups is 2. The van der Waals surface area contributed by atoms with Crippen LogP contribution in [0.3, 0.4) is 0 Å². The molecule has 3 rings (SSSR count). The molecule has 0 saturated heterocycles. The van der Waals surface area contributed by atoms with Gasteiger partial charge in [0.1, 0.15) is 10.6 Å². The van der Waals surface area contributed by atoms with Crippen LogP contribution in [-0.2, 0) is 20.2 Å². The number of hydrogen-bond acceptors (Lipinski definition) is 9. The van der Waals surface area contributed by atoms with Gasteiger partial charge in [-0.15, -0.1) is 10.2 Å². The molecule has 0 aliphatic heterocycles. The number of benzene rings is 2. The largest absolute Gasteiger partial charge is 0.478 e. The lowest BCUT2D eigenvalue weighted by molar-refractivity contribution is 0.0684. The Bertz CT molecular complexity index is 1730. The maximum absolute atomic E-state index is 13.0. The van der Waals surface area contributed by atoms with E-state index < -0.39 is 75.8 Å². The predicted molar refractivity (Wildman–Crippen MR) is 120 cm³/mol. The molecule has 0 fully saturated rings. The molecule has 0 aliphatic carbocycles. The van der Waals surface area contributed by atoms with Gasteiger partial charge in [0.25, 0.3) is 25.8 Å². The molecule has 0 aliphatic rings. The SMILES string of the molecule is Cc1cc(N=Nc2c(C(=O)O)[nH]n(-c3ccc(S(=O)(=O)O)cc3C(=O)O)c2=O)c(S(=O)(=O)O)cc1C. The lowest BCUT2D eigenvalue weighted by Gasteiger charge is -2.07. The first kappa shape index (κ1) is 26.4. The van der Waals surface area contributed by atoms with Crippen LogP contribution in [0.1, 0.15) is 32.0 Å². The Morgan fingerprint density at radius 3 is 2.03 bits per heavy atom. The fourth-order valence-corrected chi connectivity index (χ4v) is 4.24. The van der Waals surface area contributed by atoms with Crippen molar-refractivity contribution in [3.8, 4) is 5.69 Å². The molecule has 0 spiro atoms. The van der Waals surface area contributed by atoms with Gasteiger partial charge in [-0.3, -0.25) is 19.0 Å². The molecule has 1 aromatic heterocycles. The smallest absolute Gasteiger partial charge is 0.356 e. The summed E-state index contributed by atoms with van der Waals surface area (Å²) >= 11 is 0. The lowest BCUT2D eigenvalue weighted by Crippen LogP contribution is -2.18. The number of nitrogens with one attached hydrogen (secondary N) is 1. The number of aromatic nitrogens is 2. The van der Waals surface area contributed by atoms with Crippen LogP contribution in [0.5, 0.6) is 0 Å². The zero-order valence-electron chi connectivity index (χ0n) is 18.2. The van der Waals surface area contributed by atoms with Gasteiger partial charge in [-0.25, -0.2) is 14.3 Å². The summed E-state index contributed by atoms with van der Waals surface area (Å²) in [5.74, 6) is -3.44. The molecule has 1 heterocycles. The van der Waals surface area contributed by atoms with Crippen LogP contribution >= 0.6 is 0 Å². The zero-order chi connectivity index (χ0) is 27.2. The highest BCUT2D eigenvalue weighted by Gasteiger charge is 2.25. The summed E-state index contributed by atoms with van der Waals surface area (Å²) in [4.78, 5) is 34.9. The number of azo groups is 1. The summed E-state index contributed by atoms with van der Waals surface area (Å²) in [6, 6.07) is 4.48. The first-order valence-corrected chi connectivity index (χ1v) is 12.3. The fraction of sp³-hybridized carbons (Fsp3) is 0.105. The van der Waals surface area contributed by atoms with E-state index in [1.165, 1.54) is 6.07 Å². The van der Waals surface area contributed by atoms with Gasteiger partial charge in [-0.05, 0) is 55.3 Å². The van der Waals surface area contributed by atoms with E-state index in [9.17, 15) is 46.0 Å². The number of aryl methyl sites for hydroxylation is 2. The highest BCUT2D eigenvalue weighted by Crippen LogP contribution is 2.30. The summed E-state index contributed by atoms with van der Waals surface area (Å²) in [6.45, 7) is 3.16. The van der Waals surface area contributed by atoms with E-state index in [4.69, 9.17) is 4.55 Å². The first-order chi connectivity index (χ1) is 16.5. The van der Waals surface area contributed by atoms with Gasteiger partial charge < -0.3 is 10.2 Å². The Hall–Kier alpha value is -4.19. The second-order valence-corrected chi connectivity index (χ2v) is 10.1. The van der Waals surface area contributed by atoms with Gasteiger partial charge >= 0.3 is 11.9 Å². The highest BCUT2D eigenvalue weighted by molar-refractivity contribution is 7.86. The van der Waals surface area contributed by atoms with Gasteiger partial charge in [0.15, 0.2) is 11.4 Å². The molecule has 0 atom stereocenters. The number of aromatic amines is 1. The normalized spacial score (nSPS) is 12.2. The maximum Gasteiger partial charge on any atom is 0.356 e. The molecule has 36 heavy (non-hydrogen) atoms. The summed E-state index contributed by atoms with van der Waals surface area (Å²) < 4.78 is 65.3. The first-order valence-electron chi connectivity index (χ1n) is 9.46. The summed E-state index contributed by atoms with van der Waals surface area (Å²) in [5.41, 5.74) is -3.67. The third-order valence-electron chi connectivity index (χ3n) is 4.93. The van der Waals surface area contributed by atoms with Crippen molar-refractivity contribution in [2.75, 3.05) is 0 Å². The molecule has 0 radical (unpaired) electrons. The van der Waals surface area contributed by atoms with Crippen molar-refractivity contribution in [1.82, 2.24) is 9.78 Å². The van der Waals surface area contributed by atoms with Crippen molar-refractivity contribution in [2.24, 2.45) is 10.2 Å². The van der Waals surface area contributed by atoms with Gasteiger partial charge in [0.2, 0.25) is 0 Å². The quantitative estimate of drug-likeness (QED) is 0.214. The van der Waals surface area contributed by atoms with E-state index in [0.29, 0.717) is 21.9 Å². The molecule has 0 unspecified atom stereocenters. The standard InChI is InChI=1S/C19H16N4O11S2/c1-8-5-12(14(6-9(8)2)36(32,33)34)20-21-15-16(19(27)28)22-23(17(15)24)13-4-3-10(35(29,30)31)7-11(13)18(25)26/h3-7,22H,1-2H3,(H,25,26)(H,27,28)(H,29,30,31)(H,32,33,34). The van der Waals surface area contributed by atoms with Crippen LogP contribution in [0.2, 0.25) is 0 Å². The fourth-order valence-electron chi connectivity index (χ4n) is 3.04. The van der Waals surface area contributed by atoms with Crippen LogP contribution in [0.4, 0.5) is 11.4 Å². The molecule has 15 nitrogen and oxygen atoms in total. The van der Waals surface area contributed by atoms with E-state index >= 15 is 0 Å². The number of carboxylic acid groups (broad SMARTS) is 2. The molecular formula is C19H16N4O11S2. The Labute approximate surface area is 201 Å². The summed E-state index contributed by atoms with van der Waals surface area (Å²) in [7, 11) is -9.58. The van der Waals surface area contributed by atoms with E-state index in [2.05, 4.69) is 15.3 Å². The number of carboxylic acids is 2. The molecular weight excluding hydrogens is 524 g/mol. The molecule has 17 heteroatoms. The molecule has 2 aromatic carbocycles. The minimum absolute atomic E-state index is 0.409. The van der Waals surface area contributed by atoms with Crippen LogP contribution in [0, 0.1) is 13.8 Å².